The van der Waals surface area contributed by atoms with Crippen molar-refractivity contribution in [3.05, 3.63) is 0 Å². The lowest BCUT2D eigenvalue weighted by Gasteiger charge is -2.43. The third-order valence-corrected chi connectivity index (χ3v) is 5.60. The molecular formula is C17H34N2. The summed E-state index contributed by atoms with van der Waals surface area (Å²) >= 11 is 0. The summed E-state index contributed by atoms with van der Waals surface area (Å²) in [6, 6.07) is 1.62. The van der Waals surface area contributed by atoms with Crippen LogP contribution in [0.2, 0.25) is 0 Å². The quantitative estimate of drug-likeness (QED) is 0.817. The van der Waals surface area contributed by atoms with Crippen molar-refractivity contribution in [2.24, 2.45) is 11.8 Å². The Morgan fingerprint density at radius 3 is 2.53 bits per heavy atom. The predicted molar refractivity (Wildman–Crippen MR) is 83.5 cm³/mol. The van der Waals surface area contributed by atoms with E-state index in [-0.39, 0.29) is 0 Å². The van der Waals surface area contributed by atoms with Gasteiger partial charge in [-0.05, 0) is 37.5 Å². The monoisotopic (exact) mass is 266 g/mol. The molecule has 0 radical (unpaired) electrons. The Bertz CT molecular complexity index is 246. The van der Waals surface area contributed by atoms with Crippen molar-refractivity contribution in [1.82, 2.24) is 10.2 Å². The van der Waals surface area contributed by atoms with E-state index in [4.69, 9.17) is 0 Å². The van der Waals surface area contributed by atoms with Crippen molar-refractivity contribution < 1.29 is 0 Å². The smallest absolute Gasteiger partial charge is 0.0221 e. The van der Waals surface area contributed by atoms with Gasteiger partial charge < -0.3 is 5.32 Å². The van der Waals surface area contributed by atoms with Crippen molar-refractivity contribution in [3.8, 4) is 0 Å². The van der Waals surface area contributed by atoms with E-state index in [1.807, 2.05) is 0 Å². The number of nitrogens with one attached hydrogen (secondary N) is 1. The summed E-state index contributed by atoms with van der Waals surface area (Å²) in [7, 11) is 0. The number of rotatable bonds is 5. The average Bonchev–Trinajstić information content (AvgIpc) is 2.48. The van der Waals surface area contributed by atoms with Gasteiger partial charge >= 0.3 is 0 Å². The van der Waals surface area contributed by atoms with Crippen molar-refractivity contribution in [2.75, 3.05) is 19.6 Å². The molecule has 0 bridgehead atoms. The van der Waals surface area contributed by atoms with Gasteiger partial charge in [0.1, 0.15) is 0 Å². The van der Waals surface area contributed by atoms with E-state index in [1.165, 1.54) is 64.6 Å². The molecule has 2 atom stereocenters. The van der Waals surface area contributed by atoms with Crippen LogP contribution in [-0.4, -0.2) is 36.6 Å². The minimum atomic E-state index is 0.729. The van der Waals surface area contributed by atoms with Gasteiger partial charge in [0.25, 0.3) is 0 Å². The molecule has 1 aliphatic carbocycles. The summed E-state index contributed by atoms with van der Waals surface area (Å²) in [6.45, 7) is 10.8. The fourth-order valence-electron chi connectivity index (χ4n) is 4.01. The second kappa shape index (κ2) is 7.64. The third-order valence-electron chi connectivity index (χ3n) is 5.60. The first-order chi connectivity index (χ1) is 9.24. The molecule has 19 heavy (non-hydrogen) atoms. The fraction of sp³-hybridized carbons (Fsp3) is 1.00. The molecule has 1 N–H and O–H groups in total. The molecule has 2 heteroatoms. The Morgan fingerprint density at radius 2 is 1.89 bits per heavy atom. The first kappa shape index (κ1) is 15.3. The molecule has 0 amide bonds. The van der Waals surface area contributed by atoms with Gasteiger partial charge in [0.2, 0.25) is 0 Å². The van der Waals surface area contributed by atoms with Crippen molar-refractivity contribution in [1.29, 1.82) is 0 Å². The van der Waals surface area contributed by atoms with Crippen LogP contribution in [-0.2, 0) is 0 Å². The maximum Gasteiger partial charge on any atom is 0.0221 e. The SMILES string of the molecule is CCCC1CCC(N2CCNC(C(C)CC)C2)CC1. The van der Waals surface area contributed by atoms with Crippen molar-refractivity contribution in [3.63, 3.8) is 0 Å². The zero-order valence-electron chi connectivity index (χ0n) is 13.3. The van der Waals surface area contributed by atoms with Gasteiger partial charge in [0.05, 0.1) is 0 Å². The van der Waals surface area contributed by atoms with E-state index in [0.29, 0.717) is 0 Å². The summed E-state index contributed by atoms with van der Waals surface area (Å²) < 4.78 is 0. The average molecular weight is 266 g/mol. The van der Waals surface area contributed by atoms with Gasteiger partial charge in [-0.15, -0.1) is 0 Å². The van der Waals surface area contributed by atoms with Gasteiger partial charge in [-0.25, -0.2) is 0 Å². The predicted octanol–water partition coefficient (Wildman–Crippen LogP) is 3.67. The molecule has 0 aromatic heterocycles. The standard InChI is InChI=1S/C17H34N2/c1-4-6-15-7-9-16(10-8-15)19-12-11-18-17(13-19)14(3)5-2/h14-18H,4-13H2,1-3H3. The van der Waals surface area contributed by atoms with Crippen LogP contribution in [0.5, 0.6) is 0 Å². The molecule has 2 rings (SSSR count). The zero-order chi connectivity index (χ0) is 13.7. The molecular weight excluding hydrogens is 232 g/mol. The highest BCUT2D eigenvalue weighted by atomic mass is 15.2. The van der Waals surface area contributed by atoms with Crippen LogP contribution in [0.4, 0.5) is 0 Å². The molecule has 112 valence electrons. The van der Waals surface area contributed by atoms with Crippen molar-refractivity contribution >= 4 is 0 Å². The van der Waals surface area contributed by atoms with Crippen LogP contribution in [0.15, 0.2) is 0 Å². The molecule has 2 unspecified atom stereocenters. The first-order valence-electron chi connectivity index (χ1n) is 8.72. The number of nitrogens with zero attached hydrogens (tertiary/aromatic N) is 1. The molecule has 2 fully saturated rings. The second-order valence-electron chi connectivity index (χ2n) is 6.90. The Morgan fingerprint density at radius 1 is 1.16 bits per heavy atom. The zero-order valence-corrected chi connectivity index (χ0v) is 13.3. The Hall–Kier alpha value is -0.0800. The minimum Gasteiger partial charge on any atom is -0.311 e. The Balaban J connectivity index is 1.79. The van der Waals surface area contributed by atoms with Gasteiger partial charge in [-0.3, -0.25) is 4.90 Å². The summed E-state index contributed by atoms with van der Waals surface area (Å²) in [4.78, 5) is 2.80. The topological polar surface area (TPSA) is 15.3 Å². The molecule has 2 aliphatic rings. The molecule has 0 spiro atoms. The maximum absolute atomic E-state index is 3.73. The lowest BCUT2D eigenvalue weighted by Crippen LogP contribution is -2.56. The van der Waals surface area contributed by atoms with Crippen LogP contribution in [0.25, 0.3) is 0 Å². The van der Waals surface area contributed by atoms with E-state index in [2.05, 4.69) is 31.0 Å². The van der Waals surface area contributed by atoms with Gasteiger partial charge in [0.15, 0.2) is 0 Å². The molecule has 1 saturated carbocycles. The highest BCUT2D eigenvalue weighted by Crippen LogP contribution is 2.31. The largest absolute Gasteiger partial charge is 0.311 e. The fourth-order valence-corrected chi connectivity index (χ4v) is 4.01. The number of hydrogen-bond donors (Lipinski definition) is 1. The first-order valence-corrected chi connectivity index (χ1v) is 8.72. The van der Waals surface area contributed by atoms with E-state index in [1.54, 1.807) is 0 Å². The van der Waals surface area contributed by atoms with E-state index in [0.717, 1.165) is 23.9 Å². The molecule has 0 aromatic carbocycles. The van der Waals surface area contributed by atoms with E-state index < -0.39 is 0 Å². The van der Waals surface area contributed by atoms with Crippen LogP contribution >= 0.6 is 0 Å². The third kappa shape index (κ3) is 4.19. The second-order valence-corrected chi connectivity index (χ2v) is 6.90. The highest BCUT2D eigenvalue weighted by Gasteiger charge is 2.30. The Kier molecular flexibility index (Phi) is 6.15. The van der Waals surface area contributed by atoms with Crippen LogP contribution in [0.3, 0.4) is 0 Å². The van der Waals surface area contributed by atoms with Crippen LogP contribution in [0.1, 0.15) is 65.7 Å². The Labute approximate surface area is 120 Å². The summed E-state index contributed by atoms with van der Waals surface area (Å²) in [6.07, 6.45) is 10.0. The lowest BCUT2D eigenvalue weighted by atomic mass is 9.82. The van der Waals surface area contributed by atoms with E-state index in [9.17, 15) is 0 Å². The van der Waals surface area contributed by atoms with Crippen LogP contribution in [0, 0.1) is 11.8 Å². The maximum atomic E-state index is 3.73. The van der Waals surface area contributed by atoms with E-state index >= 15 is 0 Å². The van der Waals surface area contributed by atoms with Crippen molar-refractivity contribution in [2.45, 2.75) is 77.8 Å². The summed E-state index contributed by atoms with van der Waals surface area (Å²) in [5, 5.41) is 3.73. The lowest BCUT2D eigenvalue weighted by molar-refractivity contribution is 0.0870. The normalized spacial score (nSPS) is 35.2. The molecule has 1 heterocycles. The minimum absolute atomic E-state index is 0.729. The highest BCUT2D eigenvalue weighted by molar-refractivity contribution is 4.87. The molecule has 2 nitrogen and oxygen atoms in total. The summed E-state index contributed by atoms with van der Waals surface area (Å²) in [5.74, 6) is 1.86. The molecule has 0 aromatic rings. The van der Waals surface area contributed by atoms with Gasteiger partial charge in [0, 0.05) is 31.7 Å². The summed E-state index contributed by atoms with van der Waals surface area (Å²) in [5.41, 5.74) is 0. The van der Waals surface area contributed by atoms with Gasteiger partial charge in [-0.1, -0.05) is 40.0 Å². The molecule has 1 saturated heterocycles. The number of piperazine rings is 1. The number of hydrogen-bond acceptors (Lipinski definition) is 2. The van der Waals surface area contributed by atoms with Crippen LogP contribution < -0.4 is 5.32 Å². The molecule has 1 aliphatic heterocycles. The van der Waals surface area contributed by atoms with Gasteiger partial charge in [-0.2, -0.15) is 0 Å².